The lowest BCUT2D eigenvalue weighted by atomic mass is 9.97. The molecule has 0 bridgehead atoms. The molecule has 0 aliphatic heterocycles. The van der Waals surface area contributed by atoms with Crippen molar-refractivity contribution >= 4 is 17.5 Å². The second-order valence-electron chi connectivity index (χ2n) is 5.48. The maximum absolute atomic E-state index is 12.2. The van der Waals surface area contributed by atoms with Crippen LogP contribution in [0.1, 0.15) is 51.1 Å². The third-order valence-electron chi connectivity index (χ3n) is 3.80. The van der Waals surface area contributed by atoms with Crippen LogP contribution in [0.3, 0.4) is 0 Å². The monoisotopic (exact) mass is 310 g/mol. The normalized spacial score (nSPS) is 17.4. The lowest BCUT2D eigenvalue weighted by molar-refractivity contribution is -0.138. The number of nitrogens with one attached hydrogen (secondary N) is 1. The number of hydrogen-bond donors (Lipinski definition) is 1. The zero-order valence-corrected chi connectivity index (χ0v) is 13.2. The molecule has 0 spiro atoms. The summed E-state index contributed by atoms with van der Waals surface area (Å²) < 4.78 is 5.96. The number of carbonyl (C=O) groups excluding carboxylic acids is 1. The molecule has 1 saturated carbocycles. The Morgan fingerprint density at radius 1 is 1.43 bits per heavy atom. The minimum Gasteiger partial charge on any atom is -0.365 e. The van der Waals surface area contributed by atoms with E-state index in [1.165, 1.54) is 19.3 Å². The molecule has 1 aromatic heterocycles. The quantitative estimate of drug-likeness (QED) is 0.875. The summed E-state index contributed by atoms with van der Waals surface area (Å²) in [7, 11) is 0. The van der Waals surface area contributed by atoms with Crippen LogP contribution in [-0.4, -0.2) is 23.1 Å². The first-order chi connectivity index (χ1) is 10.2. The zero-order valence-electron chi connectivity index (χ0n) is 12.5. The first-order valence-electron chi connectivity index (χ1n) is 7.72. The maximum Gasteiger partial charge on any atom is 0.249 e. The van der Waals surface area contributed by atoms with Crippen LogP contribution in [0.2, 0.25) is 5.02 Å². The number of hydrogen-bond acceptors (Lipinski definition) is 3. The second-order valence-corrected chi connectivity index (χ2v) is 5.91. The Morgan fingerprint density at radius 2 is 2.19 bits per heavy atom. The number of pyridine rings is 1. The van der Waals surface area contributed by atoms with E-state index in [4.69, 9.17) is 16.3 Å². The van der Waals surface area contributed by atoms with Gasteiger partial charge in [0.25, 0.3) is 0 Å². The summed E-state index contributed by atoms with van der Waals surface area (Å²) in [5.74, 6) is -0.0557. The highest BCUT2D eigenvalue weighted by Gasteiger charge is 2.23. The lowest BCUT2D eigenvalue weighted by Crippen LogP contribution is -2.38. The molecular weight excluding hydrogens is 288 g/mol. The van der Waals surface area contributed by atoms with Crippen molar-refractivity contribution in [3.8, 4) is 0 Å². The fourth-order valence-corrected chi connectivity index (χ4v) is 2.69. The van der Waals surface area contributed by atoms with E-state index in [0.717, 1.165) is 18.5 Å². The number of carbonyl (C=O) groups is 1. The molecule has 1 fully saturated rings. The van der Waals surface area contributed by atoms with Crippen molar-refractivity contribution in [3.05, 3.63) is 29.0 Å². The summed E-state index contributed by atoms with van der Waals surface area (Å²) in [6, 6.07) is 3.58. The smallest absolute Gasteiger partial charge is 0.249 e. The van der Waals surface area contributed by atoms with Gasteiger partial charge in [0.2, 0.25) is 5.91 Å². The standard InChI is InChI=1S/C16H23ClN2O2/c1-2-15(21-14-6-4-3-5-7-14)16(20)19-11-13-9-8-12(17)10-18-13/h8-10,14-15H,2-7,11H2,1H3,(H,19,20). The van der Waals surface area contributed by atoms with Gasteiger partial charge in [0.1, 0.15) is 6.10 Å². The van der Waals surface area contributed by atoms with Crippen molar-refractivity contribution in [2.75, 3.05) is 0 Å². The zero-order chi connectivity index (χ0) is 15.1. The van der Waals surface area contributed by atoms with Gasteiger partial charge in [0.15, 0.2) is 0 Å². The molecule has 1 aliphatic rings. The van der Waals surface area contributed by atoms with Crippen molar-refractivity contribution in [2.45, 2.75) is 64.2 Å². The van der Waals surface area contributed by atoms with Crippen molar-refractivity contribution in [3.63, 3.8) is 0 Å². The highest BCUT2D eigenvalue weighted by Crippen LogP contribution is 2.22. The average molecular weight is 311 g/mol. The molecule has 2 rings (SSSR count). The molecule has 5 heteroatoms. The Bertz CT molecular complexity index is 444. The van der Waals surface area contributed by atoms with Crippen LogP contribution in [0.5, 0.6) is 0 Å². The van der Waals surface area contributed by atoms with Gasteiger partial charge in [-0.25, -0.2) is 0 Å². The molecule has 1 aromatic rings. The van der Waals surface area contributed by atoms with E-state index in [-0.39, 0.29) is 18.1 Å². The predicted molar refractivity (Wildman–Crippen MR) is 83.1 cm³/mol. The molecule has 0 aromatic carbocycles. The lowest BCUT2D eigenvalue weighted by Gasteiger charge is -2.26. The van der Waals surface area contributed by atoms with Crippen molar-refractivity contribution < 1.29 is 9.53 Å². The number of ether oxygens (including phenoxy) is 1. The third kappa shape index (κ3) is 5.29. The van der Waals surface area contributed by atoms with Crippen molar-refractivity contribution in [2.24, 2.45) is 0 Å². The number of aromatic nitrogens is 1. The molecule has 21 heavy (non-hydrogen) atoms. The molecule has 116 valence electrons. The number of halogens is 1. The van der Waals surface area contributed by atoms with Crippen molar-refractivity contribution in [1.82, 2.24) is 10.3 Å². The Balaban J connectivity index is 1.80. The van der Waals surface area contributed by atoms with Gasteiger partial charge < -0.3 is 10.1 Å². The molecule has 4 nitrogen and oxygen atoms in total. The van der Waals surface area contributed by atoms with Crippen LogP contribution < -0.4 is 5.32 Å². The summed E-state index contributed by atoms with van der Waals surface area (Å²) >= 11 is 5.79. The van der Waals surface area contributed by atoms with Gasteiger partial charge in [-0.2, -0.15) is 0 Å². The molecule has 1 aliphatic carbocycles. The van der Waals surface area contributed by atoms with E-state index < -0.39 is 0 Å². The Kier molecular flexibility index (Phi) is 6.46. The van der Waals surface area contributed by atoms with Gasteiger partial charge in [-0.3, -0.25) is 9.78 Å². The van der Waals surface area contributed by atoms with Crippen LogP contribution in [0.4, 0.5) is 0 Å². The summed E-state index contributed by atoms with van der Waals surface area (Å²) in [6.45, 7) is 2.38. The topological polar surface area (TPSA) is 51.2 Å². The van der Waals surface area contributed by atoms with Crippen LogP contribution in [0.25, 0.3) is 0 Å². The van der Waals surface area contributed by atoms with Crippen LogP contribution in [-0.2, 0) is 16.1 Å². The van der Waals surface area contributed by atoms with E-state index in [1.807, 2.05) is 13.0 Å². The van der Waals surface area contributed by atoms with E-state index >= 15 is 0 Å². The molecule has 0 radical (unpaired) electrons. The average Bonchev–Trinajstić information content (AvgIpc) is 2.52. The van der Waals surface area contributed by atoms with Gasteiger partial charge in [-0.05, 0) is 31.4 Å². The highest BCUT2D eigenvalue weighted by molar-refractivity contribution is 6.30. The van der Waals surface area contributed by atoms with Crippen LogP contribution in [0.15, 0.2) is 18.3 Å². The Morgan fingerprint density at radius 3 is 2.81 bits per heavy atom. The van der Waals surface area contributed by atoms with E-state index in [9.17, 15) is 4.79 Å². The number of rotatable bonds is 6. The third-order valence-corrected chi connectivity index (χ3v) is 4.03. The van der Waals surface area contributed by atoms with Gasteiger partial charge in [0, 0.05) is 6.20 Å². The Labute approximate surface area is 131 Å². The molecule has 1 N–H and O–H groups in total. The second kappa shape index (κ2) is 8.35. The van der Waals surface area contributed by atoms with Gasteiger partial charge in [-0.1, -0.05) is 37.8 Å². The van der Waals surface area contributed by atoms with E-state index in [1.54, 1.807) is 12.3 Å². The molecule has 1 amide bonds. The minimum absolute atomic E-state index is 0.0557. The summed E-state index contributed by atoms with van der Waals surface area (Å²) in [6.07, 6.45) is 7.99. The van der Waals surface area contributed by atoms with Gasteiger partial charge in [0.05, 0.1) is 23.4 Å². The SMILES string of the molecule is CCC(OC1CCCCC1)C(=O)NCc1ccc(Cl)cn1. The molecule has 1 atom stereocenters. The largest absolute Gasteiger partial charge is 0.365 e. The summed E-state index contributed by atoms with van der Waals surface area (Å²) in [5, 5.41) is 3.48. The fraction of sp³-hybridized carbons (Fsp3) is 0.625. The predicted octanol–water partition coefficient (Wildman–Crippen LogP) is 3.48. The Hall–Kier alpha value is -1.13. The maximum atomic E-state index is 12.2. The molecule has 1 heterocycles. The van der Waals surface area contributed by atoms with Crippen molar-refractivity contribution in [1.29, 1.82) is 0 Å². The molecular formula is C16H23ClN2O2. The number of amides is 1. The molecule has 1 unspecified atom stereocenters. The summed E-state index contributed by atoms with van der Waals surface area (Å²) in [5.41, 5.74) is 0.792. The molecule has 0 saturated heterocycles. The van der Waals surface area contributed by atoms with Gasteiger partial charge in [-0.15, -0.1) is 0 Å². The first kappa shape index (κ1) is 16.2. The van der Waals surface area contributed by atoms with E-state index in [0.29, 0.717) is 18.0 Å². The van der Waals surface area contributed by atoms with E-state index in [2.05, 4.69) is 10.3 Å². The highest BCUT2D eigenvalue weighted by atomic mass is 35.5. The first-order valence-corrected chi connectivity index (χ1v) is 8.10. The summed E-state index contributed by atoms with van der Waals surface area (Å²) in [4.78, 5) is 16.4. The minimum atomic E-state index is -0.361. The fourth-order valence-electron chi connectivity index (χ4n) is 2.58. The van der Waals surface area contributed by atoms with Crippen LogP contribution >= 0.6 is 11.6 Å². The van der Waals surface area contributed by atoms with Gasteiger partial charge >= 0.3 is 0 Å². The number of nitrogens with zero attached hydrogens (tertiary/aromatic N) is 1. The van der Waals surface area contributed by atoms with Crippen LogP contribution in [0, 0.1) is 0 Å².